The Hall–Kier alpha value is -5.07. The van der Waals surface area contributed by atoms with E-state index >= 15 is 0 Å². The molecular formula is C37H65N9O14S. The van der Waals surface area contributed by atoms with Crippen LogP contribution in [-0.4, -0.2) is 153 Å². The molecule has 0 aromatic rings. The summed E-state index contributed by atoms with van der Waals surface area (Å²) in [5, 5.41) is 54.3. The van der Waals surface area contributed by atoms with Crippen molar-refractivity contribution in [2.24, 2.45) is 23.3 Å². The molecule has 0 spiro atoms. The van der Waals surface area contributed by atoms with Crippen LogP contribution in [0.15, 0.2) is 0 Å². The molecule has 23 nitrogen and oxygen atoms in total. The third kappa shape index (κ3) is 21.3. The first-order chi connectivity index (χ1) is 28.5. The van der Waals surface area contributed by atoms with Crippen LogP contribution in [0.3, 0.4) is 0 Å². The summed E-state index contributed by atoms with van der Waals surface area (Å²) in [7, 11) is 0. The predicted molar refractivity (Wildman–Crippen MR) is 221 cm³/mol. The van der Waals surface area contributed by atoms with Crippen molar-refractivity contribution in [1.29, 1.82) is 0 Å². The van der Waals surface area contributed by atoms with Gasteiger partial charge in [0.1, 0.15) is 42.3 Å². The first-order valence-corrected chi connectivity index (χ1v) is 21.3. The maximum atomic E-state index is 13.8. The van der Waals surface area contributed by atoms with Crippen LogP contribution in [0.4, 0.5) is 0 Å². The van der Waals surface area contributed by atoms with Crippen LogP contribution >= 0.6 is 11.8 Å². The molecule has 0 aromatic carbocycles. The molecule has 0 bridgehead atoms. The number of aliphatic hydroxyl groups is 1. The minimum atomic E-state index is -1.72. The van der Waals surface area contributed by atoms with E-state index in [0.29, 0.717) is 25.0 Å². The summed E-state index contributed by atoms with van der Waals surface area (Å²) in [5.41, 5.74) is 11.6. The standard InChI is InChI=1S/C37H65N9O14S/c1-7-19(4)28(39)35(57)45-25(17-47)34(56)41-22(11-12-26(48)49)32(54)46-29(18(2)3)36(58)43-21(10-8-9-14-38)30(52)42-23(13-15-61-6)31(53)44-24(16-27(50)51)33(55)40-20(5)37(59)60/h18-25,28-29,47H,7-17,38-39H2,1-6H3,(H,40,55)(H,41,56)(H,42,52)(H,43,58)(H,44,53)(H,45,57)(H,46,54)(H,48,49)(H,50,51)(H,59,60)/t19-,20-,21-,22-,23-,24-,25-,28-,29-/m0/s1. The average molecular weight is 892 g/mol. The minimum Gasteiger partial charge on any atom is -0.481 e. The van der Waals surface area contributed by atoms with Gasteiger partial charge < -0.3 is 69.1 Å². The van der Waals surface area contributed by atoms with Crippen molar-refractivity contribution < 1.29 is 68.4 Å². The zero-order valence-corrected chi connectivity index (χ0v) is 36.3. The minimum absolute atomic E-state index is 0.00617. The lowest BCUT2D eigenvalue weighted by Crippen LogP contribution is -2.61. The largest absolute Gasteiger partial charge is 0.481 e. The number of aliphatic carboxylic acids is 3. The highest BCUT2D eigenvalue weighted by atomic mass is 32.2. The second kappa shape index (κ2) is 29.2. The maximum absolute atomic E-state index is 13.8. The van der Waals surface area contributed by atoms with Gasteiger partial charge in [0, 0.05) is 6.42 Å². The van der Waals surface area contributed by atoms with Gasteiger partial charge in [0.25, 0.3) is 0 Å². The number of amides is 7. The van der Waals surface area contributed by atoms with Crippen LogP contribution in [0.25, 0.3) is 0 Å². The molecule has 0 unspecified atom stereocenters. The Kier molecular flexibility index (Phi) is 26.8. The fraction of sp³-hybridized carbons (Fsp3) is 0.730. The molecule has 24 heteroatoms. The third-order valence-corrected chi connectivity index (χ3v) is 10.1. The second-order valence-electron chi connectivity index (χ2n) is 14.8. The van der Waals surface area contributed by atoms with Crippen LogP contribution in [0, 0.1) is 11.8 Å². The van der Waals surface area contributed by atoms with Gasteiger partial charge in [0.05, 0.1) is 19.1 Å². The molecule has 348 valence electrons. The summed E-state index contributed by atoms with van der Waals surface area (Å²) in [6, 6.07) is -11.4. The highest BCUT2D eigenvalue weighted by molar-refractivity contribution is 7.98. The first-order valence-electron chi connectivity index (χ1n) is 19.9. The molecule has 0 saturated carbocycles. The quantitative estimate of drug-likeness (QED) is 0.0304. The van der Waals surface area contributed by atoms with E-state index < -0.39 is 139 Å². The van der Waals surface area contributed by atoms with E-state index in [1.54, 1.807) is 34.0 Å². The number of thioether (sulfide) groups is 1. The number of carboxylic acid groups (broad SMARTS) is 3. The molecule has 0 fully saturated rings. The fourth-order valence-corrected chi connectivity index (χ4v) is 5.88. The smallest absolute Gasteiger partial charge is 0.325 e. The van der Waals surface area contributed by atoms with Gasteiger partial charge in [-0.2, -0.15) is 11.8 Å². The molecule has 0 aliphatic heterocycles. The topological polar surface area (TPSA) is 388 Å². The molecule has 0 saturated heterocycles. The van der Waals surface area contributed by atoms with Crippen molar-refractivity contribution in [2.45, 2.75) is 134 Å². The average Bonchev–Trinajstić information content (AvgIpc) is 3.19. The van der Waals surface area contributed by atoms with Crippen LogP contribution < -0.4 is 48.7 Å². The Balaban J connectivity index is 6.39. The van der Waals surface area contributed by atoms with E-state index in [1.807, 2.05) is 0 Å². The fourth-order valence-electron chi connectivity index (χ4n) is 5.40. The molecule has 0 heterocycles. The summed E-state index contributed by atoms with van der Waals surface area (Å²) in [6.07, 6.45) is 0.974. The van der Waals surface area contributed by atoms with Crippen LogP contribution in [0.2, 0.25) is 0 Å². The highest BCUT2D eigenvalue weighted by Gasteiger charge is 2.35. The normalized spacial score (nSPS) is 15.5. The number of hydrogen-bond acceptors (Lipinski definition) is 14. The van der Waals surface area contributed by atoms with E-state index in [2.05, 4.69) is 37.2 Å². The Morgan fingerprint density at radius 1 is 0.590 bits per heavy atom. The predicted octanol–water partition coefficient (Wildman–Crippen LogP) is -3.27. The van der Waals surface area contributed by atoms with Gasteiger partial charge in [-0.25, -0.2) is 0 Å². The molecular weight excluding hydrogens is 827 g/mol. The van der Waals surface area contributed by atoms with Crippen LogP contribution in [0.1, 0.15) is 86.0 Å². The Labute approximate surface area is 358 Å². The molecule has 7 amide bonds. The molecule has 15 N–H and O–H groups in total. The molecule has 0 radical (unpaired) electrons. The number of carboxylic acids is 3. The van der Waals surface area contributed by atoms with Crippen molar-refractivity contribution in [3.8, 4) is 0 Å². The lowest BCUT2D eigenvalue weighted by molar-refractivity contribution is -0.143. The van der Waals surface area contributed by atoms with Crippen LogP contribution in [-0.2, 0) is 47.9 Å². The lowest BCUT2D eigenvalue weighted by Gasteiger charge is -2.29. The maximum Gasteiger partial charge on any atom is 0.325 e. The molecule has 0 aliphatic rings. The number of carbonyl (C=O) groups excluding carboxylic acids is 7. The number of nitrogens with two attached hydrogens (primary N) is 2. The van der Waals surface area contributed by atoms with Gasteiger partial charge in [-0.15, -0.1) is 0 Å². The summed E-state index contributed by atoms with van der Waals surface area (Å²) in [4.78, 5) is 127. The molecule has 0 aromatic heterocycles. The van der Waals surface area contributed by atoms with Gasteiger partial charge in [0.2, 0.25) is 41.4 Å². The number of carbonyl (C=O) groups is 10. The molecule has 9 atom stereocenters. The monoisotopic (exact) mass is 891 g/mol. The number of hydrogen-bond donors (Lipinski definition) is 13. The highest BCUT2D eigenvalue weighted by Crippen LogP contribution is 2.11. The first kappa shape index (κ1) is 55.9. The van der Waals surface area contributed by atoms with E-state index in [9.17, 15) is 63.3 Å². The van der Waals surface area contributed by atoms with E-state index in [0.717, 1.165) is 6.92 Å². The van der Waals surface area contributed by atoms with Crippen molar-refractivity contribution >= 4 is 71.0 Å². The summed E-state index contributed by atoms with van der Waals surface area (Å²) < 4.78 is 0. The molecule has 0 rings (SSSR count). The molecule has 61 heavy (non-hydrogen) atoms. The third-order valence-electron chi connectivity index (χ3n) is 9.47. The van der Waals surface area contributed by atoms with Crippen molar-refractivity contribution in [3.63, 3.8) is 0 Å². The van der Waals surface area contributed by atoms with E-state index in [1.165, 1.54) is 11.8 Å². The number of unbranched alkanes of at least 4 members (excludes halogenated alkanes) is 1. The Morgan fingerprint density at radius 3 is 1.54 bits per heavy atom. The number of nitrogens with one attached hydrogen (secondary N) is 7. The van der Waals surface area contributed by atoms with Gasteiger partial charge in [-0.05, 0) is 69.4 Å². The van der Waals surface area contributed by atoms with Gasteiger partial charge in [0.15, 0.2) is 0 Å². The van der Waals surface area contributed by atoms with Gasteiger partial charge in [-0.3, -0.25) is 47.9 Å². The summed E-state index contributed by atoms with van der Waals surface area (Å²) in [6.45, 7) is 7.09. The van der Waals surface area contributed by atoms with Crippen molar-refractivity contribution in [1.82, 2.24) is 37.2 Å². The van der Waals surface area contributed by atoms with E-state index in [4.69, 9.17) is 16.6 Å². The van der Waals surface area contributed by atoms with Gasteiger partial charge in [-0.1, -0.05) is 34.1 Å². The van der Waals surface area contributed by atoms with Crippen molar-refractivity contribution in [2.75, 3.05) is 25.2 Å². The SMILES string of the molecule is CC[C@H](C)[C@H](N)C(=O)N[C@@H](CO)C(=O)N[C@@H](CCC(=O)O)C(=O)N[C@H](C(=O)N[C@@H](CCCCN)C(=O)N[C@@H](CCSC)C(=O)N[C@@H](CC(=O)O)C(=O)N[C@@H](C)C(=O)O)C(C)C. The number of rotatable bonds is 31. The summed E-state index contributed by atoms with van der Waals surface area (Å²) in [5.74, 6) is -11.5. The second-order valence-corrected chi connectivity index (χ2v) is 15.8. The zero-order chi connectivity index (χ0) is 47.0. The van der Waals surface area contributed by atoms with E-state index in [-0.39, 0.29) is 25.3 Å². The van der Waals surface area contributed by atoms with Crippen LogP contribution in [0.5, 0.6) is 0 Å². The molecule has 0 aliphatic carbocycles. The van der Waals surface area contributed by atoms with Gasteiger partial charge >= 0.3 is 17.9 Å². The Morgan fingerprint density at radius 2 is 1.07 bits per heavy atom. The number of aliphatic hydroxyl groups excluding tert-OH is 1. The lowest BCUT2D eigenvalue weighted by atomic mass is 9.99. The van der Waals surface area contributed by atoms with Crippen molar-refractivity contribution in [3.05, 3.63) is 0 Å². The zero-order valence-electron chi connectivity index (χ0n) is 35.5. The summed E-state index contributed by atoms with van der Waals surface area (Å²) >= 11 is 1.30. The Bertz CT molecular complexity index is 1520.